The van der Waals surface area contributed by atoms with Gasteiger partial charge in [0, 0.05) is 11.9 Å². The first-order chi connectivity index (χ1) is 12.1. The predicted octanol–water partition coefficient (Wildman–Crippen LogP) is 4.25. The molecule has 0 fully saturated rings. The molecule has 0 aliphatic carbocycles. The second-order valence-electron chi connectivity index (χ2n) is 5.68. The number of hydrogen-bond donors (Lipinski definition) is 2. The molecule has 2 N–H and O–H groups in total. The van der Waals surface area contributed by atoms with Crippen molar-refractivity contribution in [2.75, 3.05) is 5.32 Å². The number of amides is 1. The molecule has 4 nitrogen and oxygen atoms in total. The van der Waals surface area contributed by atoms with Crippen LogP contribution >= 0.6 is 0 Å². The average molecular weight is 330 g/mol. The Labute approximate surface area is 145 Å². The van der Waals surface area contributed by atoms with Crippen molar-refractivity contribution in [1.82, 2.24) is 4.98 Å². The Morgan fingerprint density at radius 3 is 2.60 bits per heavy atom. The van der Waals surface area contributed by atoms with E-state index < -0.39 is 11.5 Å². The summed E-state index contributed by atoms with van der Waals surface area (Å²) in [5.74, 6) is -0.446. The quantitative estimate of drug-likeness (QED) is 0.751. The van der Waals surface area contributed by atoms with Crippen molar-refractivity contribution in [3.05, 3.63) is 94.4 Å². The number of H-pyrrole nitrogens is 1. The van der Waals surface area contributed by atoms with Gasteiger partial charge in [0.25, 0.3) is 11.5 Å². The Bertz CT molecular complexity index is 988. The summed E-state index contributed by atoms with van der Waals surface area (Å²) in [6, 6.07) is 17.2. The number of carbonyl (C=O) groups excluding carboxylic acids is 1. The van der Waals surface area contributed by atoms with Crippen molar-refractivity contribution in [1.29, 1.82) is 0 Å². The fraction of sp³-hybridized carbons (Fsp3) is 0.0476. The molecule has 3 aromatic rings. The summed E-state index contributed by atoms with van der Waals surface area (Å²) in [7, 11) is 0. The number of benzene rings is 2. The molecule has 4 heteroatoms. The number of pyridine rings is 1. The Morgan fingerprint density at radius 1 is 1.12 bits per heavy atom. The molecule has 2 aromatic carbocycles. The molecular weight excluding hydrogens is 312 g/mol. The highest BCUT2D eigenvalue weighted by Crippen LogP contribution is 2.28. The summed E-state index contributed by atoms with van der Waals surface area (Å²) in [6.07, 6.45) is 3.10. The molecule has 0 saturated heterocycles. The van der Waals surface area contributed by atoms with Crippen molar-refractivity contribution in [3.63, 3.8) is 0 Å². The van der Waals surface area contributed by atoms with Crippen LogP contribution in [0, 0.1) is 6.92 Å². The van der Waals surface area contributed by atoms with E-state index in [-0.39, 0.29) is 5.56 Å². The normalized spacial score (nSPS) is 10.3. The summed E-state index contributed by atoms with van der Waals surface area (Å²) < 4.78 is 0. The molecule has 0 radical (unpaired) electrons. The molecule has 3 rings (SSSR count). The van der Waals surface area contributed by atoms with E-state index in [1.807, 2.05) is 55.5 Å². The molecule has 25 heavy (non-hydrogen) atoms. The second kappa shape index (κ2) is 7.01. The molecule has 0 aliphatic heterocycles. The zero-order valence-corrected chi connectivity index (χ0v) is 13.9. The smallest absolute Gasteiger partial charge is 0.261 e. The highest BCUT2D eigenvalue weighted by molar-refractivity contribution is 6.05. The van der Waals surface area contributed by atoms with Gasteiger partial charge in [0.05, 0.1) is 0 Å². The van der Waals surface area contributed by atoms with Crippen LogP contribution in [-0.4, -0.2) is 10.9 Å². The SMILES string of the molecule is C=Cc1c[nH]c(=O)c(C(=O)Nc2cccc(-c3ccccc3)c2C)c1. The number of hydrogen-bond acceptors (Lipinski definition) is 2. The molecule has 0 spiro atoms. The standard InChI is InChI=1S/C21H18N2O2/c1-3-15-12-18(20(24)22-13-15)21(25)23-19-11-7-10-17(14(19)2)16-8-5-4-6-9-16/h3-13H,1H2,2H3,(H,22,24)(H,23,25). The van der Waals surface area contributed by atoms with Gasteiger partial charge in [0.2, 0.25) is 0 Å². The maximum atomic E-state index is 12.5. The lowest BCUT2D eigenvalue weighted by Gasteiger charge is -2.13. The predicted molar refractivity (Wildman–Crippen MR) is 102 cm³/mol. The monoisotopic (exact) mass is 330 g/mol. The third-order valence-electron chi connectivity index (χ3n) is 4.07. The number of aromatic nitrogens is 1. The molecule has 1 heterocycles. The zero-order valence-electron chi connectivity index (χ0n) is 13.9. The molecule has 1 aromatic heterocycles. The minimum Gasteiger partial charge on any atom is -0.328 e. The lowest BCUT2D eigenvalue weighted by molar-refractivity contribution is 0.102. The van der Waals surface area contributed by atoms with Crippen molar-refractivity contribution in [2.45, 2.75) is 6.92 Å². The molecule has 0 bridgehead atoms. The van der Waals surface area contributed by atoms with E-state index >= 15 is 0 Å². The zero-order chi connectivity index (χ0) is 17.8. The number of anilines is 1. The first-order valence-electron chi connectivity index (χ1n) is 7.91. The van der Waals surface area contributed by atoms with E-state index in [9.17, 15) is 9.59 Å². The first-order valence-corrected chi connectivity index (χ1v) is 7.91. The Balaban J connectivity index is 1.95. The molecule has 124 valence electrons. The minimum absolute atomic E-state index is 0.0573. The summed E-state index contributed by atoms with van der Waals surface area (Å²) >= 11 is 0. The van der Waals surface area contributed by atoms with Crippen LogP contribution in [0.1, 0.15) is 21.5 Å². The highest BCUT2D eigenvalue weighted by atomic mass is 16.2. The van der Waals surface area contributed by atoms with E-state index in [1.54, 1.807) is 6.08 Å². The Hall–Kier alpha value is -3.40. The van der Waals surface area contributed by atoms with Gasteiger partial charge >= 0.3 is 0 Å². The van der Waals surface area contributed by atoms with E-state index in [1.165, 1.54) is 12.3 Å². The lowest BCUT2D eigenvalue weighted by Crippen LogP contribution is -2.23. The lowest BCUT2D eigenvalue weighted by atomic mass is 9.99. The van der Waals surface area contributed by atoms with Gasteiger partial charge in [0.15, 0.2) is 0 Å². The van der Waals surface area contributed by atoms with Gasteiger partial charge in [-0.15, -0.1) is 0 Å². The molecule has 0 atom stereocenters. The average Bonchev–Trinajstić information content (AvgIpc) is 2.64. The number of nitrogens with one attached hydrogen (secondary N) is 2. The van der Waals surface area contributed by atoms with Crippen molar-refractivity contribution >= 4 is 17.7 Å². The molecule has 0 saturated carbocycles. The maximum absolute atomic E-state index is 12.5. The third kappa shape index (κ3) is 3.43. The van der Waals surface area contributed by atoms with Crippen LogP contribution in [-0.2, 0) is 0 Å². The van der Waals surface area contributed by atoms with Gasteiger partial charge in [-0.3, -0.25) is 9.59 Å². The van der Waals surface area contributed by atoms with Crippen LogP contribution in [0.5, 0.6) is 0 Å². The highest BCUT2D eigenvalue weighted by Gasteiger charge is 2.14. The van der Waals surface area contributed by atoms with E-state index in [0.29, 0.717) is 11.3 Å². The fourth-order valence-corrected chi connectivity index (χ4v) is 2.68. The second-order valence-corrected chi connectivity index (χ2v) is 5.68. The summed E-state index contributed by atoms with van der Waals surface area (Å²) in [6.45, 7) is 5.60. The van der Waals surface area contributed by atoms with Crippen LogP contribution in [0.2, 0.25) is 0 Å². The van der Waals surface area contributed by atoms with Gasteiger partial charge < -0.3 is 10.3 Å². The Morgan fingerprint density at radius 2 is 1.88 bits per heavy atom. The summed E-state index contributed by atoms with van der Waals surface area (Å²) in [5.41, 5.74) is 4.03. The molecule has 1 amide bonds. The molecule has 0 aliphatic rings. The molecule has 0 unspecified atom stereocenters. The van der Waals surface area contributed by atoms with Crippen LogP contribution < -0.4 is 10.9 Å². The van der Waals surface area contributed by atoms with Crippen LogP contribution in [0.4, 0.5) is 5.69 Å². The van der Waals surface area contributed by atoms with Crippen molar-refractivity contribution in [2.24, 2.45) is 0 Å². The van der Waals surface area contributed by atoms with Crippen molar-refractivity contribution in [3.8, 4) is 11.1 Å². The topological polar surface area (TPSA) is 62.0 Å². The van der Waals surface area contributed by atoms with Crippen LogP contribution in [0.3, 0.4) is 0 Å². The maximum Gasteiger partial charge on any atom is 0.261 e. The van der Waals surface area contributed by atoms with Gasteiger partial charge in [-0.05, 0) is 41.3 Å². The number of carbonyl (C=O) groups is 1. The first kappa shape index (κ1) is 16.5. The number of rotatable bonds is 4. The minimum atomic E-state index is -0.446. The summed E-state index contributed by atoms with van der Waals surface area (Å²) in [4.78, 5) is 27.0. The van der Waals surface area contributed by atoms with Gasteiger partial charge in [-0.25, -0.2) is 0 Å². The van der Waals surface area contributed by atoms with Crippen LogP contribution in [0.25, 0.3) is 17.2 Å². The fourth-order valence-electron chi connectivity index (χ4n) is 2.68. The molecular formula is C21H18N2O2. The van der Waals surface area contributed by atoms with Crippen molar-refractivity contribution < 1.29 is 4.79 Å². The van der Waals surface area contributed by atoms with E-state index in [2.05, 4.69) is 16.9 Å². The number of aromatic amines is 1. The summed E-state index contributed by atoms with van der Waals surface area (Å²) in [5, 5.41) is 2.84. The van der Waals surface area contributed by atoms with Crippen LogP contribution in [0.15, 0.2) is 72.2 Å². The largest absolute Gasteiger partial charge is 0.328 e. The van der Waals surface area contributed by atoms with E-state index in [4.69, 9.17) is 0 Å². The van der Waals surface area contributed by atoms with Gasteiger partial charge in [0.1, 0.15) is 5.56 Å². The van der Waals surface area contributed by atoms with E-state index in [0.717, 1.165) is 16.7 Å². The Kier molecular flexibility index (Phi) is 4.61. The van der Waals surface area contributed by atoms with Gasteiger partial charge in [-0.1, -0.05) is 55.1 Å². The van der Waals surface area contributed by atoms with Gasteiger partial charge in [-0.2, -0.15) is 0 Å². The third-order valence-corrected chi connectivity index (χ3v) is 4.07.